The molecule has 2 aromatic rings. The number of carbonyl (C=O) groups is 2. The minimum atomic E-state index is -0.429. The molecule has 5 nitrogen and oxygen atoms in total. The molecule has 27 heavy (non-hydrogen) atoms. The number of amides is 2. The largest absolute Gasteiger partial charge is 0.484 e. The molecule has 7 heteroatoms. The van der Waals surface area contributed by atoms with Crippen molar-refractivity contribution >= 4 is 11.8 Å². The van der Waals surface area contributed by atoms with Crippen molar-refractivity contribution in [3.05, 3.63) is 65.7 Å². The zero-order chi connectivity index (χ0) is 19.2. The van der Waals surface area contributed by atoms with E-state index >= 15 is 0 Å². The minimum absolute atomic E-state index is 0.00328. The highest BCUT2D eigenvalue weighted by Crippen LogP contribution is 2.13. The molecule has 0 bridgehead atoms. The monoisotopic (exact) mass is 374 g/mol. The molecule has 2 amide bonds. The Balaban J connectivity index is 1.46. The molecule has 1 aliphatic heterocycles. The predicted molar refractivity (Wildman–Crippen MR) is 95.2 cm³/mol. The van der Waals surface area contributed by atoms with Crippen LogP contribution in [0.4, 0.5) is 8.78 Å². The van der Waals surface area contributed by atoms with E-state index in [9.17, 15) is 18.4 Å². The van der Waals surface area contributed by atoms with Crippen LogP contribution < -0.4 is 4.74 Å². The maximum Gasteiger partial charge on any atom is 0.260 e. The van der Waals surface area contributed by atoms with Crippen LogP contribution in [0.3, 0.4) is 0 Å². The molecule has 2 aromatic carbocycles. The summed E-state index contributed by atoms with van der Waals surface area (Å²) >= 11 is 0. The van der Waals surface area contributed by atoms with Gasteiger partial charge in [-0.3, -0.25) is 9.59 Å². The van der Waals surface area contributed by atoms with Crippen LogP contribution in [-0.2, 0) is 16.0 Å². The Morgan fingerprint density at radius 2 is 1.56 bits per heavy atom. The fraction of sp³-hybridized carbons (Fsp3) is 0.300. The van der Waals surface area contributed by atoms with Gasteiger partial charge in [-0.25, -0.2) is 8.78 Å². The summed E-state index contributed by atoms with van der Waals surface area (Å²) in [7, 11) is 0. The summed E-state index contributed by atoms with van der Waals surface area (Å²) in [5.41, 5.74) is 0.365. The maximum absolute atomic E-state index is 13.7. The fourth-order valence-electron chi connectivity index (χ4n) is 2.91. The van der Waals surface area contributed by atoms with Crippen LogP contribution in [-0.4, -0.2) is 54.4 Å². The molecule has 1 fully saturated rings. The van der Waals surface area contributed by atoms with Crippen LogP contribution >= 0.6 is 0 Å². The standard InChI is InChI=1S/C20H20F2N2O3/c21-16-5-3-6-17(13-16)27-14-20(26)24-10-8-23(9-11-24)19(25)12-15-4-1-2-7-18(15)22/h1-7,13H,8-12,14H2. The van der Waals surface area contributed by atoms with Gasteiger partial charge in [0, 0.05) is 32.2 Å². The molecule has 0 spiro atoms. The van der Waals surface area contributed by atoms with E-state index in [2.05, 4.69) is 0 Å². The van der Waals surface area contributed by atoms with Crippen LogP contribution in [0.1, 0.15) is 5.56 Å². The number of piperazine rings is 1. The first-order valence-electron chi connectivity index (χ1n) is 8.70. The molecule has 0 aromatic heterocycles. The molecule has 0 atom stereocenters. The lowest BCUT2D eigenvalue weighted by Crippen LogP contribution is -2.52. The van der Waals surface area contributed by atoms with E-state index in [0.717, 1.165) is 0 Å². The molecule has 1 saturated heterocycles. The van der Waals surface area contributed by atoms with E-state index in [1.807, 2.05) is 0 Å². The molecule has 3 rings (SSSR count). The van der Waals surface area contributed by atoms with Gasteiger partial charge in [-0.2, -0.15) is 0 Å². The van der Waals surface area contributed by atoms with Gasteiger partial charge < -0.3 is 14.5 Å². The van der Waals surface area contributed by atoms with E-state index in [4.69, 9.17) is 4.74 Å². The van der Waals surface area contributed by atoms with E-state index < -0.39 is 11.6 Å². The van der Waals surface area contributed by atoms with E-state index in [1.165, 1.54) is 24.3 Å². The van der Waals surface area contributed by atoms with Crippen molar-refractivity contribution in [3.63, 3.8) is 0 Å². The summed E-state index contributed by atoms with van der Waals surface area (Å²) in [5, 5.41) is 0. The van der Waals surface area contributed by atoms with Crippen LogP contribution in [0.5, 0.6) is 5.75 Å². The Morgan fingerprint density at radius 1 is 0.889 bits per heavy atom. The second-order valence-corrected chi connectivity index (χ2v) is 6.28. The quantitative estimate of drug-likeness (QED) is 0.807. The Bertz CT molecular complexity index is 820. The summed E-state index contributed by atoms with van der Waals surface area (Å²) < 4.78 is 32.1. The highest BCUT2D eigenvalue weighted by Gasteiger charge is 2.24. The Labute approximate surface area is 156 Å². The SMILES string of the molecule is O=C(COc1cccc(F)c1)N1CCN(C(=O)Cc2ccccc2F)CC1. The Hall–Kier alpha value is -2.96. The van der Waals surface area contributed by atoms with Crippen molar-refractivity contribution < 1.29 is 23.1 Å². The number of nitrogens with zero attached hydrogens (tertiary/aromatic N) is 2. The third-order valence-electron chi connectivity index (χ3n) is 4.44. The average molecular weight is 374 g/mol. The van der Waals surface area contributed by atoms with Crippen molar-refractivity contribution in [2.24, 2.45) is 0 Å². The van der Waals surface area contributed by atoms with Crippen molar-refractivity contribution in [2.75, 3.05) is 32.8 Å². The molecule has 1 aliphatic rings. The van der Waals surface area contributed by atoms with Gasteiger partial charge in [0.25, 0.3) is 5.91 Å². The summed E-state index contributed by atoms with van der Waals surface area (Å²) in [4.78, 5) is 27.8. The number of halogens is 2. The number of hydrogen-bond donors (Lipinski definition) is 0. The topological polar surface area (TPSA) is 49.9 Å². The molecule has 0 saturated carbocycles. The summed E-state index contributed by atoms with van der Waals surface area (Å²) in [5.74, 6) is -0.915. The molecule has 1 heterocycles. The van der Waals surface area contributed by atoms with Gasteiger partial charge in [-0.05, 0) is 23.8 Å². The van der Waals surface area contributed by atoms with Gasteiger partial charge in [-0.1, -0.05) is 24.3 Å². The lowest BCUT2D eigenvalue weighted by atomic mass is 10.1. The first kappa shape index (κ1) is 18.8. The van der Waals surface area contributed by atoms with Crippen molar-refractivity contribution in [1.29, 1.82) is 0 Å². The van der Waals surface area contributed by atoms with Crippen LogP contribution in [0, 0.1) is 11.6 Å². The molecular formula is C20H20F2N2O3. The summed E-state index contributed by atoms with van der Waals surface area (Å²) in [6.07, 6.45) is 0.00328. The number of rotatable bonds is 5. The minimum Gasteiger partial charge on any atom is -0.484 e. The van der Waals surface area contributed by atoms with Crippen LogP contribution in [0.25, 0.3) is 0 Å². The van der Waals surface area contributed by atoms with Gasteiger partial charge in [0.1, 0.15) is 17.4 Å². The predicted octanol–water partition coefficient (Wildman–Crippen LogP) is 2.26. The molecule has 142 valence electrons. The Kier molecular flexibility index (Phi) is 6.01. The molecular weight excluding hydrogens is 354 g/mol. The van der Waals surface area contributed by atoms with E-state index in [-0.39, 0.29) is 24.8 Å². The molecule has 0 aliphatic carbocycles. The maximum atomic E-state index is 13.7. The zero-order valence-corrected chi connectivity index (χ0v) is 14.7. The fourth-order valence-corrected chi connectivity index (χ4v) is 2.91. The van der Waals surface area contributed by atoms with Crippen molar-refractivity contribution in [3.8, 4) is 5.75 Å². The summed E-state index contributed by atoms with van der Waals surface area (Å²) in [6, 6.07) is 11.8. The second-order valence-electron chi connectivity index (χ2n) is 6.28. The molecule has 0 unspecified atom stereocenters. The number of benzene rings is 2. The van der Waals surface area contributed by atoms with Gasteiger partial charge >= 0.3 is 0 Å². The lowest BCUT2D eigenvalue weighted by molar-refractivity contribution is -0.140. The van der Waals surface area contributed by atoms with Gasteiger partial charge in [-0.15, -0.1) is 0 Å². The first-order chi connectivity index (χ1) is 13.0. The van der Waals surface area contributed by atoms with Gasteiger partial charge in [0.15, 0.2) is 6.61 Å². The van der Waals surface area contributed by atoms with Crippen LogP contribution in [0.15, 0.2) is 48.5 Å². The molecule has 0 radical (unpaired) electrons. The molecule has 0 N–H and O–H groups in total. The van der Waals surface area contributed by atoms with Crippen molar-refractivity contribution in [1.82, 2.24) is 9.80 Å². The van der Waals surface area contributed by atoms with E-state index in [0.29, 0.717) is 37.5 Å². The first-order valence-corrected chi connectivity index (χ1v) is 8.70. The average Bonchev–Trinajstić information content (AvgIpc) is 2.68. The Morgan fingerprint density at radius 3 is 2.22 bits per heavy atom. The van der Waals surface area contributed by atoms with Gasteiger partial charge in [0.2, 0.25) is 5.91 Å². The van der Waals surface area contributed by atoms with E-state index in [1.54, 1.807) is 34.1 Å². The number of carbonyl (C=O) groups excluding carboxylic acids is 2. The summed E-state index contributed by atoms with van der Waals surface area (Å²) in [6.45, 7) is 1.35. The zero-order valence-electron chi connectivity index (χ0n) is 14.7. The van der Waals surface area contributed by atoms with Crippen molar-refractivity contribution in [2.45, 2.75) is 6.42 Å². The smallest absolute Gasteiger partial charge is 0.260 e. The normalized spacial score (nSPS) is 14.1. The lowest BCUT2D eigenvalue weighted by Gasteiger charge is -2.34. The number of ether oxygens (including phenoxy) is 1. The van der Waals surface area contributed by atoms with Gasteiger partial charge in [0.05, 0.1) is 6.42 Å². The third-order valence-corrected chi connectivity index (χ3v) is 4.44. The highest BCUT2D eigenvalue weighted by atomic mass is 19.1. The second kappa shape index (κ2) is 8.62. The third kappa shape index (κ3) is 5.03. The highest BCUT2D eigenvalue weighted by molar-refractivity contribution is 5.80. The number of hydrogen-bond acceptors (Lipinski definition) is 3. The van der Waals surface area contributed by atoms with Crippen LogP contribution in [0.2, 0.25) is 0 Å².